The fourth-order valence-electron chi connectivity index (χ4n) is 3.64. The molecule has 1 saturated heterocycles. The van der Waals surface area contributed by atoms with Gasteiger partial charge in [0.1, 0.15) is 0 Å². The van der Waals surface area contributed by atoms with Crippen molar-refractivity contribution in [1.29, 1.82) is 5.26 Å². The highest BCUT2D eigenvalue weighted by Crippen LogP contribution is 2.49. The van der Waals surface area contributed by atoms with Crippen molar-refractivity contribution in [1.82, 2.24) is 8.61 Å². The second kappa shape index (κ2) is 7.13. The van der Waals surface area contributed by atoms with Gasteiger partial charge in [0.15, 0.2) is 0 Å². The molecule has 9 heteroatoms. The summed E-state index contributed by atoms with van der Waals surface area (Å²) in [6.45, 7) is 0.729. The lowest BCUT2D eigenvalue weighted by atomic mass is 9.81. The largest absolute Gasteiger partial charge is 0.481 e. The van der Waals surface area contributed by atoms with Gasteiger partial charge in [0.25, 0.3) is 10.2 Å². The van der Waals surface area contributed by atoms with Crippen molar-refractivity contribution in [3.8, 4) is 6.07 Å². The monoisotopic (exact) mass is 345 g/mol. The predicted octanol–water partition coefficient (Wildman–Crippen LogP) is 0.280. The predicted molar refractivity (Wildman–Crippen MR) is 81.6 cm³/mol. The van der Waals surface area contributed by atoms with Crippen molar-refractivity contribution in [2.45, 2.75) is 25.7 Å². The number of fused-ring (bicyclic) bond motifs is 1. The molecular formula is C14H23N3O5S. The zero-order chi connectivity index (χ0) is 17.1. The Morgan fingerprint density at radius 1 is 1.52 bits per heavy atom. The van der Waals surface area contributed by atoms with Gasteiger partial charge in [0, 0.05) is 39.7 Å². The molecule has 2 rings (SSSR count). The SMILES string of the molecule is COCCN(CCC#N)S(=O)(=O)N1C[C@@H]2CCC[C@@]2(C(=O)O)C1. The summed E-state index contributed by atoms with van der Waals surface area (Å²) < 4.78 is 33.1. The Kier molecular flexibility index (Phi) is 5.62. The number of hydrogen-bond donors (Lipinski definition) is 1. The number of ether oxygens (including phenoxy) is 1. The van der Waals surface area contributed by atoms with E-state index in [-0.39, 0.29) is 45.1 Å². The molecule has 0 bridgehead atoms. The van der Waals surface area contributed by atoms with E-state index in [9.17, 15) is 18.3 Å². The molecule has 130 valence electrons. The molecule has 0 aromatic carbocycles. The minimum atomic E-state index is -3.79. The molecule has 1 saturated carbocycles. The van der Waals surface area contributed by atoms with Crippen LogP contribution in [0.4, 0.5) is 0 Å². The molecule has 2 fully saturated rings. The quantitative estimate of drug-likeness (QED) is 0.676. The first-order valence-electron chi connectivity index (χ1n) is 7.73. The Balaban J connectivity index is 2.18. The van der Waals surface area contributed by atoms with E-state index >= 15 is 0 Å². The minimum Gasteiger partial charge on any atom is -0.481 e. The number of nitriles is 1. The first-order valence-corrected chi connectivity index (χ1v) is 9.12. The molecule has 0 spiro atoms. The molecule has 0 radical (unpaired) electrons. The van der Waals surface area contributed by atoms with E-state index in [0.717, 1.165) is 12.8 Å². The Morgan fingerprint density at radius 3 is 2.83 bits per heavy atom. The molecule has 2 atom stereocenters. The summed E-state index contributed by atoms with van der Waals surface area (Å²) in [6.07, 6.45) is 2.18. The van der Waals surface area contributed by atoms with Crippen LogP contribution in [-0.4, -0.2) is 68.0 Å². The molecule has 1 heterocycles. The molecule has 0 aromatic rings. The molecule has 1 aliphatic heterocycles. The van der Waals surface area contributed by atoms with Gasteiger partial charge in [-0.2, -0.15) is 22.3 Å². The van der Waals surface area contributed by atoms with Gasteiger partial charge in [-0.1, -0.05) is 6.42 Å². The van der Waals surface area contributed by atoms with E-state index in [1.54, 1.807) is 0 Å². The number of aliphatic carboxylic acids is 1. The van der Waals surface area contributed by atoms with Crippen LogP contribution < -0.4 is 0 Å². The van der Waals surface area contributed by atoms with Gasteiger partial charge in [-0.25, -0.2) is 0 Å². The maximum atomic E-state index is 12.8. The third-order valence-corrected chi connectivity index (χ3v) is 6.88. The fraction of sp³-hybridized carbons (Fsp3) is 0.857. The van der Waals surface area contributed by atoms with Crippen molar-refractivity contribution >= 4 is 16.2 Å². The lowest BCUT2D eigenvalue weighted by molar-refractivity contribution is -0.149. The third kappa shape index (κ3) is 3.35. The van der Waals surface area contributed by atoms with Crippen LogP contribution >= 0.6 is 0 Å². The number of carbonyl (C=O) groups is 1. The normalized spacial score (nSPS) is 28.0. The van der Waals surface area contributed by atoms with Crippen molar-refractivity contribution in [3.05, 3.63) is 0 Å². The van der Waals surface area contributed by atoms with Gasteiger partial charge in [0.2, 0.25) is 0 Å². The van der Waals surface area contributed by atoms with Crippen LogP contribution in [0.3, 0.4) is 0 Å². The number of rotatable bonds is 8. The van der Waals surface area contributed by atoms with E-state index in [1.165, 1.54) is 15.7 Å². The lowest BCUT2D eigenvalue weighted by Gasteiger charge is -2.28. The lowest BCUT2D eigenvalue weighted by Crippen LogP contribution is -2.46. The second-order valence-electron chi connectivity index (χ2n) is 6.15. The summed E-state index contributed by atoms with van der Waals surface area (Å²) in [5.41, 5.74) is -0.949. The zero-order valence-corrected chi connectivity index (χ0v) is 14.1. The van der Waals surface area contributed by atoms with Crippen LogP contribution in [0.1, 0.15) is 25.7 Å². The maximum Gasteiger partial charge on any atom is 0.311 e. The van der Waals surface area contributed by atoms with Gasteiger partial charge in [-0.05, 0) is 18.8 Å². The van der Waals surface area contributed by atoms with Crippen LogP contribution in [0.25, 0.3) is 0 Å². The highest BCUT2D eigenvalue weighted by molar-refractivity contribution is 7.86. The van der Waals surface area contributed by atoms with Gasteiger partial charge < -0.3 is 9.84 Å². The van der Waals surface area contributed by atoms with Gasteiger partial charge in [-0.3, -0.25) is 4.79 Å². The Hall–Kier alpha value is -1.21. The Bertz CT molecular complexity index is 588. The number of methoxy groups -OCH3 is 1. The Morgan fingerprint density at radius 2 is 2.26 bits per heavy atom. The molecule has 1 aliphatic carbocycles. The first kappa shape index (κ1) is 18.1. The average Bonchev–Trinajstić information content (AvgIpc) is 3.05. The molecule has 0 unspecified atom stereocenters. The van der Waals surface area contributed by atoms with Crippen LogP contribution in [0, 0.1) is 22.7 Å². The molecule has 8 nitrogen and oxygen atoms in total. The highest BCUT2D eigenvalue weighted by Gasteiger charge is 2.57. The Labute approximate surface area is 136 Å². The van der Waals surface area contributed by atoms with Crippen molar-refractivity contribution in [2.24, 2.45) is 11.3 Å². The zero-order valence-electron chi connectivity index (χ0n) is 13.3. The summed E-state index contributed by atoms with van der Waals surface area (Å²) in [6, 6.07) is 1.94. The van der Waals surface area contributed by atoms with E-state index in [0.29, 0.717) is 6.42 Å². The number of carboxylic acids is 1. The first-order chi connectivity index (χ1) is 10.9. The van der Waals surface area contributed by atoms with Gasteiger partial charge >= 0.3 is 5.97 Å². The summed E-state index contributed by atoms with van der Waals surface area (Å²) in [4.78, 5) is 11.7. The number of nitrogens with zero attached hydrogens (tertiary/aromatic N) is 3. The second-order valence-corrected chi connectivity index (χ2v) is 8.08. The van der Waals surface area contributed by atoms with Crippen LogP contribution in [0.2, 0.25) is 0 Å². The molecule has 0 amide bonds. The van der Waals surface area contributed by atoms with E-state index in [4.69, 9.17) is 10.00 Å². The van der Waals surface area contributed by atoms with Gasteiger partial charge in [0.05, 0.1) is 18.1 Å². The topological polar surface area (TPSA) is 111 Å². The fourth-order valence-corrected chi connectivity index (χ4v) is 5.36. The van der Waals surface area contributed by atoms with Crippen LogP contribution in [-0.2, 0) is 19.7 Å². The molecular weight excluding hydrogens is 322 g/mol. The van der Waals surface area contributed by atoms with E-state index in [2.05, 4.69) is 0 Å². The molecule has 2 aliphatic rings. The van der Waals surface area contributed by atoms with Crippen LogP contribution in [0.15, 0.2) is 0 Å². The molecule has 23 heavy (non-hydrogen) atoms. The van der Waals surface area contributed by atoms with Crippen LogP contribution in [0.5, 0.6) is 0 Å². The summed E-state index contributed by atoms with van der Waals surface area (Å²) in [5, 5.41) is 18.3. The number of hydrogen-bond acceptors (Lipinski definition) is 5. The highest BCUT2D eigenvalue weighted by atomic mass is 32.2. The smallest absolute Gasteiger partial charge is 0.311 e. The van der Waals surface area contributed by atoms with Crippen molar-refractivity contribution < 1.29 is 23.1 Å². The molecule has 0 aromatic heterocycles. The van der Waals surface area contributed by atoms with Gasteiger partial charge in [-0.15, -0.1) is 0 Å². The minimum absolute atomic E-state index is 0.0192. The van der Waals surface area contributed by atoms with E-state index < -0.39 is 21.6 Å². The average molecular weight is 345 g/mol. The number of carboxylic acid groups (broad SMARTS) is 1. The summed E-state index contributed by atoms with van der Waals surface area (Å²) in [7, 11) is -2.31. The summed E-state index contributed by atoms with van der Waals surface area (Å²) in [5.74, 6) is -1.03. The standard InChI is InChI=1S/C14H23N3O5S/c1-22-9-8-16(7-3-6-15)23(20,21)17-10-12-4-2-5-14(12,11-17)13(18)19/h12H,2-5,7-11H2,1H3,(H,18,19)/t12-,14+/m0/s1. The molecule has 1 N–H and O–H groups in total. The van der Waals surface area contributed by atoms with E-state index in [1.807, 2.05) is 6.07 Å². The van der Waals surface area contributed by atoms with Crippen molar-refractivity contribution in [3.63, 3.8) is 0 Å². The van der Waals surface area contributed by atoms with Crippen molar-refractivity contribution in [2.75, 3.05) is 39.9 Å². The third-order valence-electron chi connectivity index (χ3n) is 4.94. The maximum absolute atomic E-state index is 12.8. The summed E-state index contributed by atoms with van der Waals surface area (Å²) >= 11 is 0.